The lowest BCUT2D eigenvalue weighted by molar-refractivity contribution is 0.198. The lowest BCUT2D eigenvalue weighted by Gasteiger charge is -2.21. The van der Waals surface area contributed by atoms with Crippen LogP contribution in [0.5, 0.6) is 17.2 Å². The fourth-order valence-electron chi connectivity index (χ4n) is 4.93. The van der Waals surface area contributed by atoms with Crippen LogP contribution in [0.25, 0.3) is 16.9 Å². The summed E-state index contributed by atoms with van der Waals surface area (Å²) in [5.41, 5.74) is 4.73. The molecule has 1 saturated heterocycles. The molecule has 8 heteroatoms. The van der Waals surface area contributed by atoms with Crippen LogP contribution >= 0.6 is 0 Å². The summed E-state index contributed by atoms with van der Waals surface area (Å²) in [6, 6.07) is 11.4. The fraction of sp³-hybridized carbons (Fsp3) is 0.385. The predicted octanol–water partition coefficient (Wildman–Crippen LogP) is 2.99. The van der Waals surface area contributed by atoms with E-state index in [1.54, 1.807) is 21.3 Å². The maximum Gasteiger partial charge on any atom is 0.275 e. The molecule has 5 rings (SSSR count). The Hall–Kier alpha value is -3.52. The van der Waals surface area contributed by atoms with Crippen molar-refractivity contribution in [2.24, 2.45) is 0 Å². The molecule has 1 unspecified atom stereocenters. The standard InChI is InChI=1S/C26H29N3O5/c1-32-19-11-16(12-20(14-19)33-2)25-21-5-4-6-22(21)26(31)29(27-25)23-13-17(7-8-24(23)34-3)28-10-9-18(30)15-28/h7-8,11-14,18,30H,4-6,9-10,15H2,1-3H3. The van der Waals surface area contributed by atoms with E-state index >= 15 is 0 Å². The van der Waals surface area contributed by atoms with Crippen LogP contribution in [-0.4, -0.2) is 55.4 Å². The van der Waals surface area contributed by atoms with Gasteiger partial charge in [-0.05, 0) is 61.6 Å². The van der Waals surface area contributed by atoms with Crippen molar-refractivity contribution in [2.75, 3.05) is 39.3 Å². The van der Waals surface area contributed by atoms with E-state index in [2.05, 4.69) is 4.90 Å². The molecule has 0 spiro atoms. The number of hydrogen-bond acceptors (Lipinski definition) is 7. The Bertz CT molecular complexity index is 1260. The molecule has 0 bridgehead atoms. The minimum atomic E-state index is -0.346. The number of aromatic nitrogens is 2. The van der Waals surface area contributed by atoms with Crippen molar-refractivity contribution in [3.05, 3.63) is 57.9 Å². The van der Waals surface area contributed by atoms with Crippen molar-refractivity contribution in [2.45, 2.75) is 31.8 Å². The van der Waals surface area contributed by atoms with Crippen molar-refractivity contribution in [3.8, 4) is 34.2 Å². The molecule has 1 aliphatic heterocycles. The maximum absolute atomic E-state index is 13.6. The summed E-state index contributed by atoms with van der Waals surface area (Å²) >= 11 is 0. The van der Waals surface area contributed by atoms with Gasteiger partial charge in [0.25, 0.3) is 5.56 Å². The van der Waals surface area contributed by atoms with E-state index in [0.717, 1.165) is 53.9 Å². The molecule has 34 heavy (non-hydrogen) atoms. The molecule has 178 valence electrons. The van der Waals surface area contributed by atoms with Gasteiger partial charge in [-0.25, -0.2) is 0 Å². The van der Waals surface area contributed by atoms with Gasteiger partial charge in [-0.2, -0.15) is 9.78 Å². The van der Waals surface area contributed by atoms with Gasteiger partial charge in [-0.15, -0.1) is 0 Å². The second kappa shape index (κ2) is 9.02. The molecule has 2 aliphatic rings. The lowest BCUT2D eigenvalue weighted by Crippen LogP contribution is -2.27. The Morgan fingerprint density at radius 1 is 0.971 bits per heavy atom. The summed E-state index contributed by atoms with van der Waals surface area (Å²) in [4.78, 5) is 15.7. The number of rotatable bonds is 6. The summed E-state index contributed by atoms with van der Waals surface area (Å²) < 4.78 is 18.0. The molecule has 0 radical (unpaired) electrons. The van der Waals surface area contributed by atoms with E-state index in [9.17, 15) is 9.90 Å². The molecule has 0 amide bonds. The van der Waals surface area contributed by atoms with Gasteiger partial charge in [0, 0.05) is 36.0 Å². The van der Waals surface area contributed by atoms with Gasteiger partial charge >= 0.3 is 0 Å². The second-order valence-corrected chi connectivity index (χ2v) is 8.72. The number of nitrogens with zero attached hydrogens (tertiary/aromatic N) is 3. The fourth-order valence-corrected chi connectivity index (χ4v) is 4.93. The number of fused-ring (bicyclic) bond motifs is 1. The summed E-state index contributed by atoms with van der Waals surface area (Å²) in [7, 11) is 4.82. The third-order valence-corrected chi connectivity index (χ3v) is 6.70. The number of methoxy groups -OCH3 is 3. The number of aliphatic hydroxyl groups excluding tert-OH is 1. The average molecular weight is 464 g/mol. The largest absolute Gasteiger partial charge is 0.497 e. The van der Waals surface area contributed by atoms with Crippen LogP contribution < -0.4 is 24.7 Å². The third-order valence-electron chi connectivity index (χ3n) is 6.70. The zero-order valence-electron chi connectivity index (χ0n) is 19.7. The molecular weight excluding hydrogens is 434 g/mol. The van der Waals surface area contributed by atoms with Crippen molar-refractivity contribution in [3.63, 3.8) is 0 Å². The molecular formula is C26H29N3O5. The normalized spacial score (nSPS) is 17.1. The first-order valence-corrected chi connectivity index (χ1v) is 11.5. The van der Waals surface area contributed by atoms with Crippen molar-refractivity contribution >= 4 is 5.69 Å². The highest BCUT2D eigenvalue weighted by atomic mass is 16.5. The van der Waals surface area contributed by atoms with Crippen LogP contribution in [0.4, 0.5) is 5.69 Å². The molecule has 1 aromatic heterocycles. The van der Waals surface area contributed by atoms with Crippen LogP contribution in [-0.2, 0) is 12.8 Å². The molecule has 2 aromatic carbocycles. The SMILES string of the molecule is COc1cc(OC)cc(-c2nn(-c3cc(N4CCC(O)C4)ccc3OC)c(=O)c3c2CCC3)c1. The third kappa shape index (κ3) is 3.88. The van der Waals surface area contributed by atoms with Gasteiger partial charge in [-0.3, -0.25) is 4.79 Å². The smallest absolute Gasteiger partial charge is 0.275 e. The van der Waals surface area contributed by atoms with Gasteiger partial charge in [0.05, 0.1) is 33.1 Å². The summed E-state index contributed by atoms with van der Waals surface area (Å²) in [6.07, 6.45) is 2.80. The molecule has 8 nitrogen and oxygen atoms in total. The Morgan fingerprint density at radius 2 is 1.71 bits per heavy atom. The van der Waals surface area contributed by atoms with Crippen molar-refractivity contribution in [1.82, 2.24) is 9.78 Å². The minimum absolute atomic E-state index is 0.122. The lowest BCUT2D eigenvalue weighted by atomic mass is 10.0. The molecule has 0 saturated carbocycles. The van der Waals surface area contributed by atoms with Gasteiger partial charge < -0.3 is 24.2 Å². The summed E-state index contributed by atoms with van der Waals surface area (Å²) in [5, 5.41) is 14.9. The highest BCUT2D eigenvalue weighted by Gasteiger charge is 2.26. The Labute approximate surface area is 198 Å². The first-order valence-electron chi connectivity index (χ1n) is 11.5. The summed E-state index contributed by atoms with van der Waals surface area (Å²) in [6.45, 7) is 1.32. The second-order valence-electron chi connectivity index (χ2n) is 8.72. The van der Waals surface area contributed by atoms with E-state index in [4.69, 9.17) is 19.3 Å². The van der Waals surface area contributed by atoms with Gasteiger partial charge in [-0.1, -0.05) is 0 Å². The molecule has 1 fully saturated rings. The minimum Gasteiger partial charge on any atom is -0.497 e. The maximum atomic E-state index is 13.6. The Balaban J connectivity index is 1.71. The van der Waals surface area contributed by atoms with Crippen LogP contribution in [0.3, 0.4) is 0 Å². The quantitative estimate of drug-likeness (QED) is 0.602. The van der Waals surface area contributed by atoms with E-state index in [0.29, 0.717) is 35.9 Å². The van der Waals surface area contributed by atoms with Crippen LogP contribution in [0.1, 0.15) is 24.0 Å². The molecule has 3 aromatic rings. The van der Waals surface area contributed by atoms with Gasteiger partial charge in [0.2, 0.25) is 0 Å². The number of benzene rings is 2. The van der Waals surface area contributed by atoms with E-state index in [1.165, 1.54) is 4.68 Å². The Kier molecular flexibility index (Phi) is 5.91. The molecule has 1 N–H and O–H groups in total. The van der Waals surface area contributed by atoms with Crippen LogP contribution in [0.15, 0.2) is 41.2 Å². The van der Waals surface area contributed by atoms with Crippen molar-refractivity contribution in [1.29, 1.82) is 0 Å². The summed E-state index contributed by atoms with van der Waals surface area (Å²) in [5.74, 6) is 1.88. The zero-order valence-corrected chi connectivity index (χ0v) is 19.7. The number of aliphatic hydroxyl groups is 1. The molecule has 1 aliphatic carbocycles. The van der Waals surface area contributed by atoms with E-state index in [-0.39, 0.29) is 11.7 Å². The molecule has 1 atom stereocenters. The Morgan fingerprint density at radius 3 is 2.35 bits per heavy atom. The van der Waals surface area contributed by atoms with Crippen molar-refractivity contribution < 1.29 is 19.3 Å². The first-order chi connectivity index (χ1) is 16.5. The highest BCUT2D eigenvalue weighted by molar-refractivity contribution is 5.69. The number of anilines is 1. The van der Waals surface area contributed by atoms with Crippen LogP contribution in [0, 0.1) is 0 Å². The zero-order chi connectivity index (χ0) is 23.8. The highest BCUT2D eigenvalue weighted by Crippen LogP contribution is 2.35. The van der Waals surface area contributed by atoms with Crippen LogP contribution in [0.2, 0.25) is 0 Å². The number of β-amino-alcohol motifs (C(OH)–C–C–N with tert-alkyl or cyclic N) is 1. The number of ether oxygens (including phenoxy) is 3. The monoisotopic (exact) mass is 463 g/mol. The molecule has 2 heterocycles. The van der Waals surface area contributed by atoms with E-state index < -0.39 is 0 Å². The topological polar surface area (TPSA) is 86.1 Å². The average Bonchev–Trinajstić information content (AvgIpc) is 3.53. The number of hydrogen-bond donors (Lipinski definition) is 1. The van der Waals surface area contributed by atoms with Gasteiger partial charge in [0.15, 0.2) is 0 Å². The predicted molar refractivity (Wildman–Crippen MR) is 130 cm³/mol. The van der Waals surface area contributed by atoms with Gasteiger partial charge in [0.1, 0.15) is 22.9 Å². The van der Waals surface area contributed by atoms with E-state index in [1.807, 2.05) is 36.4 Å². The first kappa shape index (κ1) is 22.3.